The lowest BCUT2D eigenvalue weighted by atomic mass is 9.73. The van der Waals surface area contributed by atoms with E-state index in [0.717, 1.165) is 24.2 Å². The van der Waals surface area contributed by atoms with E-state index in [1.54, 1.807) is 43.1 Å². The first-order valence-corrected chi connectivity index (χ1v) is 13.9. The van der Waals surface area contributed by atoms with Gasteiger partial charge in [-0.15, -0.1) is 0 Å². The number of hydrogen-bond donors (Lipinski definition) is 0. The van der Waals surface area contributed by atoms with Crippen molar-refractivity contribution in [2.45, 2.75) is 95.7 Å². The first kappa shape index (κ1) is 20.1. The number of halogens is 1. The molecule has 0 spiro atoms. The summed E-state index contributed by atoms with van der Waals surface area (Å²) in [5, 5.41) is 0. The fourth-order valence-corrected chi connectivity index (χ4v) is 9.13. The molecule has 1 aliphatic heterocycles. The van der Waals surface area contributed by atoms with Crippen LogP contribution in [0.2, 0.25) is 18.1 Å². The summed E-state index contributed by atoms with van der Waals surface area (Å²) >= 11 is 0. The SMILES string of the molecule is CCCCC[SiH]1CCC(C2CCC(CCc3ccc(F)cc3)CC2)CC1. The van der Waals surface area contributed by atoms with Crippen molar-refractivity contribution in [2.75, 3.05) is 0 Å². The summed E-state index contributed by atoms with van der Waals surface area (Å²) in [5.41, 5.74) is 1.31. The predicted octanol–water partition coefficient (Wildman–Crippen LogP) is 7.39. The summed E-state index contributed by atoms with van der Waals surface area (Å²) in [6.07, 6.45) is 15.8. The zero-order valence-corrected chi connectivity index (χ0v) is 18.1. The Morgan fingerprint density at radius 1 is 0.885 bits per heavy atom. The molecule has 26 heavy (non-hydrogen) atoms. The van der Waals surface area contributed by atoms with Crippen LogP contribution in [0.4, 0.5) is 4.39 Å². The molecule has 0 nitrogen and oxygen atoms in total. The van der Waals surface area contributed by atoms with Gasteiger partial charge in [-0.2, -0.15) is 0 Å². The largest absolute Gasteiger partial charge is 0.207 e. The first-order chi connectivity index (χ1) is 12.7. The van der Waals surface area contributed by atoms with Crippen molar-refractivity contribution >= 4 is 8.80 Å². The fraction of sp³-hybridized carbons (Fsp3) is 0.750. The van der Waals surface area contributed by atoms with Crippen LogP contribution >= 0.6 is 0 Å². The Hall–Kier alpha value is -0.633. The van der Waals surface area contributed by atoms with E-state index in [2.05, 4.69) is 6.92 Å². The third-order valence-electron chi connectivity index (χ3n) is 7.42. The Labute approximate surface area is 162 Å². The van der Waals surface area contributed by atoms with Crippen molar-refractivity contribution in [2.24, 2.45) is 17.8 Å². The second kappa shape index (κ2) is 10.6. The van der Waals surface area contributed by atoms with Crippen molar-refractivity contribution in [3.05, 3.63) is 35.6 Å². The van der Waals surface area contributed by atoms with Crippen LogP contribution < -0.4 is 0 Å². The van der Waals surface area contributed by atoms with Crippen LogP contribution in [0.3, 0.4) is 0 Å². The molecule has 3 rings (SSSR count). The van der Waals surface area contributed by atoms with E-state index in [1.165, 1.54) is 56.9 Å². The smallest absolute Gasteiger partial charge is 0.123 e. The van der Waals surface area contributed by atoms with Crippen molar-refractivity contribution in [3.63, 3.8) is 0 Å². The van der Waals surface area contributed by atoms with Crippen molar-refractivity contribution in [3.8, 4) is 0 Å². The van der Waals surface area contributed by atoms with Crippen LogP contribution in [0, 0.1) is 23.6 Å². The molecule has 0 atom stereocenters. The maximum atomic E-state index is 13.0. The molecule has 2 fully saturated rings. The summed E-state index contributed by atoms with van der Waals surface area (Å²) < 4.78 is 13.0. The van der Waals surface area contributed by atoms with Crippen LogP contribution in [0.1, 0.15) is 76.7 Å². The Morgan fingerprint density at radius 2 is 1.54 bits per heavy atom. The standard InChI is InChI=1S/C24H39FSi/c1-2-3-4-17-26-18-15-23(16-19-26)22-11-7-20(8-12-22)5-6-21-9-13-24(25)14-10-21/h9-10,13-14,20,22-23,26H,2-8,11-12,15-19H2,1H3. The van der Waals surface area contributed by atoms with E-state index < -0.39 is 0 Å². The van der Waals surface area contributed by atoms with Crippen molar-refractivity contribution in [1.82, 2.24) is 0 Å². The molecule has 1 aromatic carbocycles. The summed E-state index contributed by atoms with van der Waals surface area (Å²) in [6, 6.07) is 12.1. The van der Waals surface area contributed by atoms with Gasteiger partial charge in [0.25, 0.3) is 0 Å². The molecular weight excluding hydrogens is 335 g/mol. The topological polar surface area (TPSA) is 0 Å². The maximum absolute atomic E-state index is 13.0. The second-order valence-electron chi connectivity index (χ2n) is 9.22. The van der Waals surface area contributed by atoms with Gasteiger partial charge in [0.05, 0.1) is 0 Å². The lowest BCUT2D eigenvalue weighted by Crippen LogP contribution is -2.28. The van der Waals surface area contributed by atoms with E-state index >= 15 is 0 Å². The monoisotopic (exact) mass is 374 g/mol. The van der Waals surface area contributed by atoms with Gasteiger partial charge < -0.3 is 0 Å². The number of rotatable bonds is 8. The third kappa shape index (κ3) is 6.22. The molecule has 1 saturated carbocycles. The molecule has 1 saturated heterocycles. The Balaban J connectivity index is 1.32. The molecule has 0 bridgehead atoms. The maximum Gasteiger partial charge on any atom is 0.123 e. The molecule has 1 heterocycles. The minimum Gasteiger partial charge on any atom is -0.207 e. The lowest BCUT2D eigenvalue weighted by molar-refractivity contribution is 0.186. The molecule has 2 heteroatoms. The molecular formula is C24H39FSi. The van der Waals surface area contributed by atoms with Crippen LogP contribution in [-0.4, -0.2) is 8.80 Å². The van der Waals surface area contributed by atoms with E-state index in [-0.39, 0.29) is 14.6 Å². The van der Waals surface area contributed by atoms with Gasteiger partial charge >= 0.3 is 0 Å². The van der Waals surface area contributed by atoms with Crippen LogP contribution in [0.5, 0.6) is 0 Å². The van der Waals surface area contributed by atoms with E-state index in [9.17, 15) is 4.39 Å². The molecule has 1 aliphatic carbocycles. The Morgan fingerprint density at radius 3 is 2.19 bits per heavy atom. The van der Waals surface area contributed by atoms with Gasteiger partial charge in [-0.05, 0) is 61.1 Å². The first-order valence-electron chi connectivity index (χ1n) is 11.5. The molecule has 0 aromatic heterocycles. The third-order valence-corrected chi connectivity index (χ3v) is 10.9. The highest BCUT2D eigenvalue weighted by atomic mass is 28.3. The summed E-state index contributed by atoms with van der Waals surface area (Å²) in [5.74, 6) is 2.92. The van der Waals surface area contributed by atoms with Gasteiger partial charge in [-0.3, -0.25) is 0 Å². The molecule has 0 radical (unpaired) electrons. The molecule has 0 amide bonds. The average Bonchev–Trinajstić information content (AvgIpc) is 2.69. The van der Waals surface area contributed by atoms with E-state index in [0.29, 0.717) is 0 Å². The number of benzene rings is 1. The second-order valence-corrected chi connectivity index (χ2v) is 12.7. The highest BCUT2D eigenvalue weighted by Crippen LogP contribution is 2.41. The molecule has 146 valence electrons. The van der Waals surface area contributed by atoms with Gasteiger partial charge in [0.15, 0.2) is 0 Å². The molecule has 1 aromatic rings. The van der Waals surface area contributed by atoms with Crippen LogP contribution in [0.15, 0.2) is 24.3 Å². The summed E-state index contributed by atoms with van der Waals surface area (Å²) in [6.45, 7) is 2.33. The Bertz CT molecular complexity index is 495. The van der Waals surface area contributed by atoms with Crippen molar-refractivity contribution in [1.29, 1.82) is 0 Å². The molecule has 0 N–H and O–H groups in total. The fourth-order valence-electron chi connectivity index (χ4n) is 5.60. The van der Waals surface area contributed by atoms with Crippen LogP contribution in [0.25, 0.3) is 0 Å². The van der Waals surface area contributed by atoms with Gasteiger partial charge in [0.2, 0.25) is 0 Å². The Kier molecular flexibility index (Phi) is 8.23. The van der Waals surface area contributed by atoms with Gasteiger partial charge in [-0.25, -0.2) is 4.39 Å². The summed E-state index contributed by atoms with van der Waals surface area (Å²) in [7, 11) is -0.339. The van der Waals surface area contributed by atoms with Crippen LogP contribution in [-0.2, 0) is 6.42 Å². The highest BCUT2D eigenvalue weighted by Gasteiger charge is 2.30. The zero-order chi connectivity index (χ0) is 18.2. The summed E-state index contributed by atoms with van der Waals surface area (Å²) in [4.78, 5) is 0. The van der Waals surface area contributed by atoms with E-state index in [1.807, 2.05) is 12.1 Å². The normalized spacial score (nSPS) is 29.6. The zero-order valence-electron chi connectivity index (χ0n) is 16.9. The minimum atomic E-state index is -0.339. The lowest BCUT2D eigenvalue weighted by Gasteiger charge is -2.37. The average molecular weight is 375 g/mol. The predicted molar refractivity (Wildman–Crippen MR) is 114 cm³/mol. The van der Waals surface area contributed by atoms with Gasteiger partial charge in [0.1, 0.15) is 5.82 Å². The highest BCUT2D eigenvalue weighted by molar-refractivity contribution is 6.58. The van der Waals surface area contributed by atoms with Gasteiger partial charge in [-0.1, -0.05) is 82.1 Å². The van der Waals surface area contributed by atoms with E-state index in [4.69, 9.17) is 0 Å². The number of unbranched alkanes of at least 4 members (excludes halogenated alkanes) is 2. The van der Waals surface area contributed by atoms with Crippen molar-refractivity contribution < 1.29 is 4.39 Å². The quantitative estimate of drug-likeness (QED) is 0.328. The number of aryl methyl sites for hydroxylation is 1. The molecule has 2 aliphatic rings. The molecule has 0 unspecified atom stereocenters. The number of hydrogen-bond acceptors (Lipinski definition) is 0. The van der Waals surface area contributed by atoms with Gasteiger partial charge in [0, 0.05) is 8.80 Å². The minimum absolute atomic E-state index is 0.114.